The summed E-state index contributed by atoms with van der Waals surface area (Å²) in [6.45, 7) is 5.17. The average Bonchev–Trinajstić information content (AvgIpc) is 3.25. The van der Waals surface area contributed by atoms with Crippen molar-refractivity contribution in [3.63, 3.8) is 0 Å². The van der Waals surface area contributed by atoms with Crippen LogP contribution in [-0.2, 0) is 6.54 Å². The molecule has 0 aliphatic carbocycles. The number of hydrogen-bond donors (Lipinski definition) is 2. The zero-order valence-electron chi connectivity index (χ0n) is 20.4. The standard InChI is InChI=1S/C25H33FN8O/c1-3-4-7-33(10-11-35)24-23-22(29-25(28)30-24)16-34(31-23)15-20-19(14-27)12-18(13-21(20)26)17-5-8-32(2)9-6-17/h12-13,16-17,35H,3-11,15H2,1-2H3,(H2,28,29). The van der Waals surface area contributed by atoms with Crippen molar-refractivity contribution in [3.8, 4) is 6.07 Å². The Balaban J connectivity index is 1.66. The van der Waals surface area contributed by atoms with Crippen molar-refractivity contribution in [2.45, 2.75) is 45.1 Å². The minimum Gasteiger partial charge on any atom is -0.395 e. The van der Waals surface area contributed by atoms with Crippen molar-refractivity contribution in [3.05, 3.63) is 40.8 Å². The lowest BCUT2D eigenvalue weighted by atomic mass is 9.87. The van der Waals surface area contributed by atoms with Crippen molar-refractivity contribution in [1.29, 1.82) is 5.26 Å². The second-order valence-electron chi connectivity index (χ2n) is 9.25. The summed E-state index contributed by atoms with van der Waals surface area (Å²) in [5.41, 5.74) is 8.55. The Bertz CT molecular complexity index is 1210. The maximum Gasteiger partial charge on any atom is 0.222 e. The van der Waals surface area contributed by atoms with Crippen LogP contribution in [-0.4, -0.2) is 69.6 Å². The number of hydrogen-bond acceptors (Lipinski definition) is 8. The van der Waals surface area contributed by atoms with E-state index >= 15 is 4.39 Å². The molecule has 3 N–H and O–H groups in total. The molecular formula is C25H33FN8O. The van der Waals surface area contributed by atoms with Crippen LogP contribution in [0, 0.1) is 17.1 Å². The topological polar surface area (TPSA) is 120 Å². The fourth-order valence-corrected chi connectivity index (χ4v) is 4.71. The van der Waals surface area contributed by atoms with E-state index in [0.29, 0.717) is 41.1 Å². The lowest BCUT2D eigenvalue weighted by molar-refractivity contribution is 0.255. The van der Waals surface area contributed by atoms with E-state index in [4.69, 9.17) is 5.73 Å². The third-order valence-electron chi connectivity index (χ3n) is 6.71. The van der Waals surface area contributed by atoms with Crippen LogP contribution >= 0.6 is 0 Å². The zero-order valence-corrected chi connectivity index (χ0v) is 20.4. The number of nitrogens with two attached hydrogens (primary N) is 1. The molecule has 1 saturated heterocycles. The molecule has 4 rings (SSSR count). The molecule has 0 atom stereocenters. The third-order valence-corrected chi connectivity index (χ3v) is 6.71. The second kappa shape index (κ2) is 11.0. The largest absolute Gasteiger partial charge is 0.395 e. The highest BCUT2D eigenvalue weighted by Crippen LogP contribution is 2.31. The number of piperidine rings is 1. The molecule has 0 amide bonds. The van der Waals surface area contributed by atoms with Crippen molar-refractivity contribution < 1.29 is 9.50 Å². The van der Waals surface area contributed by atoms with E-state index < -0.39 is 5.82 Å². The number of benzene rings is 1. The van der Waals surface area contributed by atoms with Crippen LogP contribution in [0.15, 0.2) is 18.3 Å². The SMILES string of the molecule is CCCCN(CCO)c1nc(N)nc2cn(Cc3c(F)cc(C4CCN(C)CC4)cc3C#N)nc12. The second-order valence-corrected chi connectivity index (χ2v) is 9.25. The summed E-state index contributed by atoms with van der Waals surface area (Å²) in [5, 5.41) is 24.0. The quantitative estimate of drug-likeness (QED) is 0.480. The monoisotopic (exact) mass is 480 g/mol. The molecule has 3 heterocycles. The number of rotatable bonds is 9. The number of nitriles is 1. The Morgan fingerprint density at radius 3 is 2.71 bits per heavy atom. The molecule has 1 aliphatic heterocycles. The van der Waals surface area contributed by atoms with Crippen LogP contribution in [0.1, 0.15) is 55.2 Å². The minimum atomic E-state index is -0.395. The highest BCUT2D eigenvalue weighted by molar-refractivity contribution is 5.86. The Morgan fingerprint density at radius 1 is 1.26 bits per heavy atom. The molecule has 0 radical (unpaired) electrons. The van der Waals surface area contributed by atoms with E-state index in [0.717, 1.165) is 44.3 Å². The van der Waals surface area contributed by atoms with E-state index in [1.165, 1.54) is 0 Å². The normalized spacial score (nSPS) is 14.9. The maximum absolute atomic E-state index is 15.3. The number of halogens is 1. The first-order valence-corrected chi connectivity index (χ1v) is 12.2. The molecule has 10 heteroatoms. The summed E-state index contributed by atoms with van der Waals surface area (Å²) in [5.74, 6) is 0.522. The first-order chi connectivity index (χ1) is 16.9. The summed E-state index contributed by atoms with van der Waals surface area (Å²) in [7, 11) is 2.09. The predicted molar refractivity (Wildman–Crippen MR) is 134 cm³/mol. The zero-order chi connectivity index (χ0) is 24.9. The molecule has 1 aromatic carbocycles. The lowest BCUT2D eigenvalue weighted by Gasteiger charge is -2.29. The number of aliphatic hydroxyl groups is 1. The highest BCUT2D eigenvalue weighted by Gasteiger charge is 2.22. The summed E-state index contributed by atoms with van der Waals surface area (Å²) in [6.07, 6.45) is 5.52. The number of unbranched alkanes of at least 4 members (excludes halogenated alkanes) is 1. The Hall–Kier alpha value is -3.29. The molecule has 186 valence electrons. The number of fused-ring (bicyclic) bond motifs is 1. The van der Waals surface area contributed by atoms with E-state index in [-0.39, 0.29) is 25.0 Å². The van der Waals surface area contributed by atoms with Gasteiger partial charge in [-0.15, -0.1) is 0 Å². The molecule has 9 nitrogen and oxygen atoms in total. The molecule has 0 bridgehead atoms. The number of nitrogens with zero attached hydrogens (tertiary/aromatic N) is 7. The van der Waals surface area contributed by atoms with Crippen molar-refractivity contribution in [2.24, 2.45) is 0 Å². The summed E-state index contributed by atoms with van der Waals surface area (Å²) in [6, 6.07) is 5.59. The van der Waals surface area contributed by atoms with Gasteiger partial charge >= 0.3 is 0 Å². The molecule has 1 fully saturated rings. The van der Waals surface area contributed by atoms with Gasteiger partial charge in [-0.3, -0.25) is 4.68 Å². The van der Waals surface area contributed by atoms with Crippen LogP contribution in [0.5, 0.6) is 0 Å². The number of aliphatic hydroxyl groups excluding tert-OH is 1. The van der Waals surface area contributed by atoms with Gasteiger partial charge in [0.15, 0.2) is 11.3 Å². The van der Waals surface area contributed by atoms with Gasteiger partial charge in [-0.05, 0) is 63.0 Å². The van der Waals surface area contributed by atoms with Gasteiger partial charge in [0.2, 0.25) is 5.95 Å². The molecule has 0 unspecified atom stereocenters. The number of anilines is 2. The molecule has 1 aliphatic rings. The van der Waals surface area contributed by atoms with Gasteiger partial charge in [-0.25, -0.2) is 9.37 Å². The van der Waals surface area contributed by atoms with E-state index in [1.54, 1.807) is 16.9 Å². The Morgan fingerprint density at radius 2 is 2.03 bits per heavy atom. The smallest absolute Gasteiger partial charge is 0.222 e. The fourth-order valence-electron chi connectivity index (χ4n) is 4.71. The van der Waals surface area contributed by atoms with Crippen LogP contribution in [0.4, 0.5) is 16.2 Å². The van der Waals surface area contributed by atoms with Crippen molar-refractivity contribution >= 4 is 22.8 Å². The third kappa shape index (κ3) is 5.52. The van der Waals surface area contributed by atoms with Gasteiger partial charge < -0.3 is 20.6 Å². The first kappa shape index (κ1) is 24.8. The van der Waals surface area contributed by atoms with Gasteiger partial charge in [0.25, 0.3) is 0 Å². The molecule has 2 aromatic heterocycles. The summed E-state index contributed by atoms with van der Waals surface area (Å²) >= 11 is 0. The van der Waals surface area contributed by atoms with E-state index in [2.05, 4.69) is 40.0 Å². The Kier molecular flexibility index (Phi) is 7.78. The van der Waals surface area contributed by atoms with Gasteiger partial charge in [0, 0.05) is 18.7 Å². The fraction of sp³-hybridized carbons (Fsp3) is 0.520. The van der Waals surface area contributed by atoms with Crippen molar-refractivity contribution in [2.75, 3.05) is 50.5 Å². The minimum absolute atomic E-state index is 0.0316. The molecule has 0 saturated carbocycles. The van der Waals surface area contributed by atoms with E-state index in [1.807, 2.05) is 11.0 Å². The highest BCUT2D eigenvalue weighted by atomic mass is 19.1. The number of likely N-dealkylation sites (tertiary alicyclic amines) is 1. The summed E-state index contributed by atoms with van der Waals surface area (Å²) < 4.78 is 16.9. The first-order valence-electron chi connectivity index (χ1n) is 12.2. The van der Waals surface area contributed by atoms with Crippen molar-refractivity contribution in [1.82, 2.24) is 24.6 Å². The van der Waals surface area contributed by atoms with Gasteiger partial charge in [0.1, 0.15) is 11.3 Å². The lowest BCUT2D eigenvalue weighted by Crippen LogP contribution is -2.29. The average molecular weight is 481 g/mol. The van der Waals surface area contributed by atoms with Crippen LogP contribution in [0.25, 0.3) is 11.0 Å². The van der Waals surface area contributed by atoms with E-state index in [9.17, 15) is 10.4 Å². The van der Waals surface area contributed by atoms with Crippen LogP contribution in [0.3, 0.4) is 0 Å². The van der Waals surface area contributed by atoms with Crippen LogP contribution in [0.2, 0.25) is 0 Å². The van der Waals surface area contributed by atoms with Gasteiger partial charge in [-0.1, -0.05) is 13.3 Å². The van der Waals surface area contributed by atoms with Gasteiger partial charge in [0.05, 0.1) is 31.0 Å². The van der Waals surface area contributed by atoms with Gasteiger partial charge in [-0.2, -0.15) is 15.3 Å². The molecular weight excluding hydrogens is 447 g/mol. The molecule has 35 heavy (non-hydrogen) atoms. The molecule has 3 aromatic rings. The number of nitrogen functional groups attached to an aromatic ring is 1. The molecule has 0 spiro atoms. The maximum atomic E-state index is 15.3. The predicted octanol–water partition coefficient (Wildman–Crippen LogP) is 2.88. The Labute approximate surface area is 205 Å². The summed E-state index contributed by atoms with van der Waals surface area (Å²) in [4.78, 5) is 12.9. The van der Waals surface area contributed by atoms with Crippen LogP contribution < -0.4 is 10.6 Å². The number of aromatic nitrogens is 4.